The van der Waals surface area contributed by atoms with Gasteiger partial charge in [0.1, 0.15) is 11.6 Å². The van der Waals surface area contributed by atoms with Crippen molar-refractivity contribution in [3.8, 4) is 0 Å². The van der Waals surface area contributed by atoms with Gasteiger partial charge in [-0.3, -0.25) is 9.59 Å². The predicted octanol–water partition coefficient (Wildman–Crippen LogP) is 1.93. The van der Waals surface area contributed by atoms with Crippen LogP contribution in [0.4, 0.5) is 14.5 Å². The van der Waals surface area contributed by atoms with Gasteiger partial charge in [0.25, 0.3) is 0 Å². The fourth-order valence-corrected chi connectivity index (χ4v) is 1.73. The number of carboxylic acids is 1. The van der Waals surface area contributed by atoms with Gasteiger partial charge in [0.05, 0.1) is 17.5 Å². The molecule has 6 heteroatoms. The summed E-state index contributed by atoms with van der Waals surface area (Å²) in [5.74, 6) is -4.39. The molecule has 0 bridgehead atoms. The highest BCUT2D eigenvalue weighted by atomic mass is 19.1. The van der Waals surface area contributed by atoms with Crippen molar-refractivity contribution in [2.45, 2.75) is 13.3 Å². The molecule has 1 aliphatic carbocycles. The number of nitrogens with one attached hydrogen (secondary N) is 1. The lowest BCUT2D eigenvalue weighted by Crippen LogP contribution is -2.17. The van der Waals surface area contributed by atoms with E-state index in [0.717, 1.165) is 12.1 Å². The normalized spacial score (nSPS) is 21.5. The van der Waals surface area contributed by atoms with E-state index in [-0.39, 0.29) is 17.7 Å². The second-order valence-electron chi connectivity index (χ2n) is 4.36. The van der Waals surface area contributed by atoms with E-state index in [0.29, 0.717) is 0 Å². The molecule has 0 saturated heterocycles. The number of aliphatic carboxylic acids is 1. The van der Waals surface area contributed by atoms with Crippen LogP contribution in [0.2, 0.25) is 0 Å². The molecule has 0 radical (unpaired) electrons. The number of aryl methyl sites for hydroxylation is 1. The third-order valence-electron chi connectivity index (χ3n) is 2.95. The summed E-state index contributed by atoms with van der Waals surface area (Å²) in [6.07, 6.45) is 0.233. The number of hydrogen-bond acceptors (Lipinski definition) is 2. The van der Waals surface area contributed by atoms with Gasteiger partial charge in [-0.25, -0.2) is 8.78 Å². The quantitative estimate of drug-likeness (QED) is 0.867. The zero-order valence-electron chi connectivity index (χ0n) is 9.54. The molecule has 0 aromatic heterocycles. The minimum absolute atomic E-state index is 0.139. The molecule has 0 spiro atoms. The number of carboxylic acid groups (broad SMARTS) is 1. The lowest BCUT2D eigenvalue weighted by molar-refractivity contribution is -0.139. The second kappa shape index (κ2) is 4.36. The minimum Gasteiger partial charge on any atom is -0.481 e. The Balaban J connectivity index is 2.09. The summed E-state index contributed by atoms with van der Waals surface area (Å²) in [5, 5.41) is 10.9. The van der Waals surface area contributed by atoms with Crippen LogP contribution in [0.3, 0.4) is 0 Å². The molecule has 2 rings (SSSR count). The van der Waals surface area contributed by atoms with Gasteiger partial charge in [0.2, 0.25) is 5.91 Å². The minimum atomic E-state index is -1.05. The van der Waals surface area contributed by atoms with Crippen LogP contribution < -0.4 is 5.32 Å². The van der Waals surface area contributed by atoms with E-state index in [9.17, 15) is 18.4 Å². The molecule has 0 aliphatic heterocycles. The molecule has 1 aliphatic rings. The first-order valence-corrected chi connectivity index (χ1v) is 5.39. The Labute approximate surface area is 102 Å². The van der Waals surface area contributed by atoms with E-state index in [1.807, 2.05) is 0 Å². The van der Waals surface area contributed by atoms with E-state index in [1.54, 1.807) is 0 Å². The topological polar surface area (TPSA) is 66.4 Å². The summed E-state index contributed by atoms with van der Waals surface area (Å²) in [5.41, 5.74) is -0.125. The Kier molecular flexibility index (Phi) is 3.02. The van der Waals surface area contributed by atoms with Crippen molar-refractivity contribution in [3.05, 3.63) is 29.3 Å². The van der Waals surface area contributed by atoms with Crippen LogP contribution >= 0.6 is 0 Å². The van der Waals surface area contributed by atoms with E-state index in [2.05, 4.69) is 5.32 Å². The van der Waals surface area contributed by atoms with Crippen molar-refractivity contribution in [1.29, 1.82) is 0 Å². The van der Waals surface area contributed by atoms with Crippen LogP contribution in [-0.4, -0.2) is 17.0 Å². The molecule has 2 atom stereocenters. The summed E-state index contributed by atoms with van der Waals surface area (Å²) in [6, 6.07) is 1.87. The SMILES string of the molecule is Cc1cc(F)c(NC(=O)C2CC2C(=O)O)cc1F. The van der Waals surface area contributed by atoms with Crippen LogP contribution in [0.1, 0.15) is 12.0 Å². The highest BCUT2D eigenvalue weighted by Crippen LogP contribution is 2.39. The number of carbonyl (C=O) groups is 2. The van der Waals surface area contributed by atoms with Gasteiger partial charge in [-0.1, -0.05) is 0 Å². The Morgan fingerprint density at radius 3 is 2.50 bits per heavy atom. The van der Waals surface area contributed by atoms with Gasteiger partial charge >= 0.3 is 5.97 Å². The zero-order valence-corrected chi connectivity index (χ0v) is 9.54. The molecule has 1 saturated carbocycles. The Morgan fingerprint density at radius 2 is 1.94 bits per heavy atom. The molecule has 96 valence electrons. The highest BCUT2D eigenvalue weighted by Gasteiger charge is 2.48. The predicted molar refractivity (Wildman–Crippen MR) is 59.0 cm³/mol. The number of anilines is 1. The van der Waals surface area contributed by atoms with Crippen molar-refractivity contribution < 1.29 is 23.5 Å². The van der Waals surface area contributed by atoms with Gasteiger partial charge in [-0.05, 0) is 25.0 Å². The number of rotatable bonds is 3. The van der Waals surface area contributed by atoms with Crippen molar-refractivity contribution >= 4 is 17.6 Å². The highest BCUT2D eigenvalue weighted by molar-refractivity contribution is 5.98. The number of carbonyl (C=O) groups excluding carboxylic acids is 1. The van der Waals surface area contributed by atoms with Crippen molar-refractivity contribution in [1.82, 2.24) is 0 Å². The van der Waals surface area contributed by atoms with Gasteiger partial charge in [0, 0.05) is 6.07 Å². The molecule has 1 aromatic rings. The van der Waals surface area contributed by atoms with Gasteiger partial charge in [0.15, 0.2) is 0 Å². The molecule has 18 heavy (non-hydrogen) atoms. The van der Waals surface area contributed by atoms with Gasteiger partial charge in [-0.2, -0.15) is 0 Å². The third-order valence-corrected chi connectivity index (χ3v) is 2.95. The molecule has 4 nitrogen and oxygen atoms in total. The average Bonchev–Trinajstić information content (AvgIpc) is 3.05. The summed E-state index contributed by atoms with van der Waals surface area (Å²) < 4.78 is 26.7. The third kappa shape index (κ3) is 2.32. The first-order valence-electron chi connectivity index (χ1n) is 5.39. The number of hydrogen-bond donors (Lipinski definition) is 2. The van der Waals surface area contributed by atoms with E-state index in [4.69, 9.17) is 5.11 Å². The Hall–Kier alpha value is -1.98. The lowest BCUT2D eigenvalue weighted by atomic mass is 10.2. The first kappa shape index (κ1) is 12.5. The summed E-state index contributed by atoms with van der Waals surface area (Å²) in [4.78, 5) is 22.2. The van der Waals surface area contributed by atoms with Crippen LogP contribution in [-0.2, 0) is 9.59 Å². The Morgan fingerprint density at radius 1 is 1.28 bits per heavy atom. The molecule has 1 aromatic carbocycles. The maximum absolute atomic E-state index is 13.4. The van der Waals surface area contributed by atoms with Crippen molar-refractivity contribution in [2.75, 3.05) is 5.32 Å². The van der Waals surface area contributed by atoms with Crippen LogP contribution in [0.5, 0.6) is 0 Å². The van der Waals surface area contributed by atoms with Crippen LogP contribution in [0.15, 0.2) is 12.1 Å². The average molecular weight is 255 g/mol. The fraction of sp³-hybridized carbons (Fsp3) is 0.333. The smallest absolute Gasteiger partial charge is 0.307 e. The zero-order chi connectivity index (χ0) is 13.4. The standard InChI is InChI=1S/C12H11F2NO3/c1-5-2-9(14)10(4-8(5)13)15-11(16)6-3-7(6)12(17)18/h2,4,6-7H,3H2,1H3,(H,15,16)(H,17,18). The molecule has 0 heterocycles. The maximum atomic E-state index is 13.4. The van der Waals surface area contributed by atoms with Crippen LogP contribution in [0, 0.1) is 30.4 Å². The van der Waals surface area contributed by atoms with Crippen LogP contribution in [0.25, 0.3) is 0 Å². The molecule has 1 amide bonds. The van der Waals surface area contributed by atoms with Gasteiger partial charge in [-0.15, -0.1) is 0 Å². The summed E-state index contributed by atoms with van der Waals surface area (Å²) >= 11 is 0. The molecular formula is C12H11F2NO3. The van der Waals surface area contributed by atoms with Crippen molar-refractivity contribution in [3.63, 3.8) is 0 Å². The lowest BCUT2D eigenvalue weighted by Gasteiger charge is -2.07. The Bertz CT molecular complexity index is 530. The molecule has 1 fully saturated rings. The number of halogens is 2. The summed E-state index contributed by atoms with van der Waals surface area (Å²) in [6.45, 7) is 1.41. The number of amides is 1. The monoisotopic (exact) mass is 255 g/mol. The molecular weight excluding hydrogens is 244 g/mol. The molecule has 2 N–H and O–H groups in total. The van der Waals surface area contributed by atoms with Gasteiger partial charge < -0.3 is 10.4 Å². The van der Waals surface area contributed by atoms with E-state index >= 15 is 0 Å². The van der Waals surface area contributed by atoms with E-state index in [1.165, 1.54) is 6.92 Å². The second-order valence-corrected chi connectivity index (χ2v) is 4.36. The summed E-state index contributed by atoms with van der Waals surface area (Å²) in [7, 11) is 0. The first-order chi connectivity index (χ1) is 8.40. The fourth-order valence-electron chi connectivity index (χ4n) is 1.73. The van der Waals surface area contributed by atoms with E-state index < -0.39 is 35.3 Å². The molecule has 2 unspecified atom stereocenters. The maximum Gasteiger partial charge on any atom is 0.307 e. The number of benzene rings is 1. The van der Waals surface area contributed by atoms with Crippen molar-refractivity contribution in [2.24, 2.45) is 11.8 Å². The largest absolute Gasteiger partial charge is 0.481 e.